The van der Waals surface area contributed by atoms with Crippen molar-refractivity contribution in [2.45, 2.75) is 18.7 Å². The predicted octanol–water partition coefficient (Wildman–Crippen LogP) is 2.63. The Morgan fingerprint density at radius 3 is 2.64 bits per heavy atom. The Labute approximate surface area is 89.4 Å². The summed E-state index contributed by atoms with van der Waals surface area (Å²) in [7, 11) is 0. The van der Waals surface area contributed by atoms with Crippen LogP contribution in [0.1, 0.15) is 18.9 Å². The van der Waals surface area contributed by atoms with E-state index in [4.69, 9.17) is 11.6 Å². The lowest BCUT2D eigenvalue weighted by atomic mass is 10.2. The molecule has 0 heterocycles. The first-order valence-corrected chi connectivity index (χ1v) is 5.10. The maximum absolute atomic E-state index is 11.3. The van der Waals surface area contributed by atoms with Gasteiger partial charge in [-0.2, -0.15) is 0 Å². The fourth-order valence-corrected chi connectivity index (χ4v) is 1.17. The van der Waals surface area contributed by atoms with Gasteiger partial charge in [-0.1, -0.05) is 18.2 Å². The number of hydroxylamine groups is 1. The summed E-state index contributed by atoms with van der Waals surface area (Å²) in [6, 6.07) is 9.53. The van der Waals surface area contributed by atoms with Gasteiger partial charge in [0.1, 0.15) is 0 Å². The van der Waals surface area contributed by atoms with Crippen LogP contribution in [-0.4, -0.2) is 22.9 Å². The monoisotopic (exact) mass is 211 g/mol. The van der Waals surface area contributed by atoms with Crippen molar-refractivity contribution < 1.29 is 4.74 Å². The maximum Gasteiger partial charge on any atom is 0.181 e. The zero-order chi connectivity index (χ0) is 10.4. The summed E-state index contributed by atoms with van der Waals surface area (Å²) in [6.07, 6.45) is 2.29. The fourth-order valence-electron chi connectivity index (χ4n) is 1.08. The highest BCUT2D eigenvalue weighted by Gasteiger charge is 2.00. The van der Waals surface area contributed by atoms with E-state index in [0.29, 0.717) is 13.0 Å². The fraction of sp³-hybridized carbons (Fsp3) is 0.364. The van der Waals surface area contributed by atoms with Crippen LogP contribution in [-0.2, 0) is 0 Å². The summed E-state index contributed by atoms with van der Waals surface area (Å²) in [5.74, 6) is 0. The molecule has 1 rings (SSSR count). The van der Waals surface area contributed by atoms with Crippen molar-refractivity contribution in [3.63, 3.8) is 0 Å². The zero-order valence-corrected chi connectivity index (χ0v) is 8.95. The highest BCUT2D eigenvalue weighted by atomic mass is 35.5. The Morgan fingerprint density at radius 2 is 2.07 bits per heavy atom. The zero-order valence-electron chi connectivity index (χ0n) is 8.19. The lowest BCUT2D eigenvalue weighted by Gasteiger charge is -2.04. The second kappa shape index (κ2) is 5.66. The van der Waals surface area contributed by atoms with Crippen LogP contribution >= 0.6 is 11.6 Å². The number of hydrogen-bond acceptors (Lipinski definition) is 1. The molecule has 0 aliphatic heterocycles. The number of alkyl halides is 1. The first-order valence-electron chi connectivity index (χ1n) is 4.66. The smallest absolute Gasteiger partial charge is 0.181 e. The minimum absolute atomic E-state index is 0.0515. The van der Waals surface area contributed by atoms with Crippen LogP contribution in [0, 0.1) is 5.21 Å². The summed E-state index contributed by atoms with van der Waals surface area (Å²) in [5, 5.41) is 11.4. The maximum atomic E-state index is 11.3. The first-order chi connectivity index (χ1) is 6.68. The van der Waals surface area contributed by atoms with Crippen molar-refractivity contribution in [2.24, 2.45) is 0 Å². The standard InChI is InChI=1S/C11H14ClNO/c1-10(12)7-8-13(14)9-11-5-3-2-4-6-11/h2-6,9-10H,7-8H2,1H3/b13-9-. The Bertz CT molecular complexity index is 295. The van der Waals surface area contributed by atoms with Crippen molar-refractivity contribution in [3.8, 4) is 0 Å². The highest BCUT2D eigenvalue weighted by Crippen LogP contribution is 2.00. The second-order valence-electron chi connectivity index (χ2n) is 3.25. The van der Waals surface area contributed by atoms with Crippen LogP contribution < -0.4 is 0 Å². The summed E-state index contributed by atoms with van der Waals surface area (Å²) in [6.45, 7) is 2.33. The Balaban J connectivity index is 2.52. The van der Waals surface area contributed by atoms with Gasteiger partial charge in [-0.05, 0) is 19.1 Å². The molecular weight excluding hydrogens is 198 g/mol. The third kappa shape index (κ3) is 4.28. The van der Waals surface area contributed by atoms with Gasteiger partial charge in [0.15, 0.2) is 12.8 Å². The van der Waals surface area contributed by atoms with Crippen LogP contribution in [0.5, 0.6) is 0 Å². The number of nitrogens with zero attached hydrogens (tertiary/aromatic N) is 1. The molecule has 0 saturated carbocycles. The van der Waals surface area contributed by atoms with E-state index >= 15 is 0 Å². The number of rotatable bonds is 4. The molecule has 76 valence electrons. The Morgan fingerprint density at radius 1 is 1.43 bits per heavy atom. The highest BCUT2D eigenvalue weighted by molar-refractivity contribution is 6.20. The summed E-state index contributed by atoms with van der Waals surface area (Å²) < 4.78 is 0.925. The van der Waals surface area contributed by atoms with Gasteiger partial charge in [0.05, 0.1) is 0 Å². The van der Waals surface area contributed by atoms with E-state index in [9.17, 15) is 5.21 Å². The van der Waals surface area contributed by atoms with Gasteiger partial charge in [-0.25, -0.2) is 4.74 Å². The first kappa shape index (κ1) is 11.1. The Hall–Kier alpha value is -1.02. The van der Waals surface area contributed by atoms with Crippen molar-refractivity contribution in [2.75, 3.05) is 6.54 Å². The molecule has 0 aromatic heterocycles. The minimum atomic E-state index is 0.0515. The van der Waals surface area contributed by atoms with E-state index in [0.717, 1.165) is 10.3 Å². The SMILES string of the molecule is CC(Cl)CC/[N+]([O-])=C/c1ccccc1. The summed E-state index contributed by atoms with van der Waals surface area (Å²) in [4.78, 5) is 0. The molecule has 1 aromatic rings. The number of halogens is 1. The molecule has 0 amide bonds. The predicted molar refractivity (Wildman–Crippen MR) is 60.0 cm³/mol. The lowest BCUT2D eigenvalue weighted by molar-refractivity contribution is -0.452. The van der Waals surface area contributed by atoms with E-state index in [2.05, 4.69) is 0 Å². The molecule has 0 bridgehead atoms. The molecule has 14 heavy (non-hydrogen) atoms. The van der Waals surface area contributed by atoms with Crippen molar-refractivity contribution >= 4 is 17.8 Å². The van der Waals surface area contributed by atoms with E-state index in [-0.39, 0.29) is 5.38 Å². The van der Waals surface area contributed by atoms with Crippen molar-refractivity contribution in [1.82, 2.24) is 0 Å². The van der Waals surface area contributed by atoms with Crippen LogP contribution in [0.4, 0.5) is 0 Å². The van der Waals surface area contributed by atoms with Gasteiger partial charge in [-0.3, -0.25) is 0 Å². The number of hydrogen-bond donors (Lipinski definition) is 0. The molecule has 0 fully saturated rings. The van der Waals surface area contributed by atoms with Gasteiger partial charge in [0.2, 0.25) is 0 Å². The van der Waals surface area contributed by atoms with Crippen LogP contribution in [0.25, 0.3) is 0 Å². The molecule has 2 nitrogen and oxygen atoms in total. The summed E-state index contributed by atoms with van der Waals surface area (Å²) in [5.41, 5.74) is 0.921. The molecule has 1 unspecified atom stereocenters. The molecule has 1 atom stereocenters. The van der Waals surface area contributed by atoms with Crippen LogP contribution in [0.2, 0.25) is 0 Å². The van der Waals surface area contributed by atoms with Gasteiger partial charge in [-0.15, -0.1) is 11.6 Å². The second-order valence-corrected chi connectivity index (χ2v) is 3.99. The molecule has 3 heteroatoms. The van der Waals surface area contributed by atoms with Crippen LogP contribution in [0.15, 0.2) is 30.3 Å². The largest absolute Gasteiger partial charge is 0.624 e. The lowest BCUT2D eigenvalue weighted by Crippen LogP contribution is -2.10. The molecule has 1 aromatic carbocycles. The molecular formula is C11H14ClNO. The third-order valence-electron chi connectivity index (χ3n) is 1.84. The molecule has 0 spiro atoms. The molecule has 0 aliphatic rings. The molecule has 0 N–H and O–H groups in total. The van der Waals surface area contributed by atoms with Crippen molar-refractivity contribution in [1.29, 1.82) is 0 Å². The van der Waals surface area contributed by atoms with E-state index < -0.39 is 0 Å². The third-order valence-corrected chi connectivity index (χ3v) is 2.06. The summed E-state index contributed by atoms with van der Waals surface area (Å²) >= 11 is 5.75. The molecule has 0 radical (unpaired) electrons. The number of benzene rings is 1. The van der Waals surface area contributed by atoms with Crippen LogP contribution in [0.3, 0.4) is 0 Å². The average molecular weight is 212 g/mol. The molecule has 0 aliphatic carbocycles. The van der Waals surface area contributed by atoms with Gasteiger partial charge in [0.25, 0.3) is 0 Å². The Kier molecular flexibility index (Phi) is 4.47. The van der Waals surface area contributed by atoms with E-state index in [1.54, 1.807) is 6.21 Å². The van der Waals surface area contributed by atoms with Gasteiger partial charge < -0.3 is 5.21 Å². The average Bonchev–Trinajstić information content (AvgIpc) is 2.16. The molecule has 0 saturated heterocycles. The van der Waals surface area contributed by atoms with E-state index in [1.807, 2.05) is 37.3 Å². The normalized spacial score (nSPS) is 14.0. The minimum Gasteiger partial charge on any atom is -0.624 e. The van der Waals surface area contributed by atoms with Gasteiger partial charge in [0, 0.05) is 17.4 Å². The van der Waals surface area contributed by atoms with Crippen molar-refractivity contribution in [3.05, 3.63) is 41.1 Å². The quantitative estimate of drug-likeness (QED) is 0.247. The van der Waals surface area contributed by atoms with Gasteiger partial charge >= 0.3 is 0 Å². The van der Waals surface area contributed by atoms with E-state index in [1.165, 1.54) is 0 Å². The topological polar surface area (TPSA) is 26.1 Å².